The highest BCUT2D eigenvalue weighted by atomic mass is 35.5. The van der Waals surface area contributed by atoms with E-state index in [9.17, 15) is 14.9 Å². The number of para-hydroxylation sites is 1. The van der Waals surface area contributed by atoms with Crippen LogP contribution in [-0.2, 0) is 4.74 Å². The fourth-order valence-corrected chi connectivity index (χ4v) is 1.95. The van der Waals surface area contributed by atoms with E-state index >= 15 is 0 Å². The molecule has 1 aromatic carbocycles. The Morgan fingerprint density at radius 1 is 1.60 bits per heavy atom. The first-order chi connectivity index (χ1) is 9.51. The molecule has 20 heavy (non-hydrogen) atoms. The van der Waals surface area contributed by atoms with Crippen LogP contribution in [0.2, 0.25) is 5.02 Å². The average Bonchev–Trinajstić information content (AvgIpc) is 2.38. The van der Waals surface area contributed by atoms with Crippen LogP contribution in [0.25, 0.3) is 0 Å². The van der Waals surface area contributed by atoms with Crippen LogP contribution in [0.15, 0.2) is 18.2 Å². The van der Waals surface area contributed by atoms with Crippen LogP contribution in [0.1, 0.15) is 16.8 Å². The van der Waals surface area contributed by atoms with E-state index in [-0.39, 0.29) is 30.2 Å². The first kappa shape index (κ1) is 16.4. The Labute approximate surface area is 120 Å². The summed E-state index contributed by atoms with van der Waals surface area (Å²) in [4.78, 5) is 22.3. The zero-order valence-corrected chi connectivity index (χ0v) is 11.6. The van der Waals surface area contributed by atoms with Gasteiger partial charge in [-0.25, -0.2) is 0 Å². The van der Waals surface area contributed by atoms with Gasteiger partial charge < -0.3 is 15.2 Å². The van der Waals surface area contributed by atoms with Gasteiger partial charge in [0.25, 0.3) is 5.91 Å². The lowest BCUT2D eigenvalue weighted by molar-refractivity contribution is -0.385. The molecular weight excluding hydrogens is 288 g/mol. The Balaban J connectivity index is 2.97. The summed E-state index contributed by atoms with van der Waals surface area (Å²) in [6.45, 7) is 0.0621. The minimum Gasteiger partial charge on any atom is -0.396 e. The number of rotatable bonds is 7. The fraction of sp³-hybridized carbons (Fsp3) is 0.417. The van der Waals surface area contributed by atoms with Gasteiger partial charge in [0.1, 0.15) is 10.6 Å². The molecule has 0 radical (unpaired) electrons. The molecule has 1 rings (SSSR count). The maximum Gasteiger partial charge on any atom is 0.300 e. The van der Waals surface area contributed by atoms with Gasteiger partial charge in [-0.3, -0.25) is 14.9 Å². The number of carbonyl (C=O) groups is 1. The highest BCUT2D eigenvalue weighted by molar-refractivity contribution is 6.33. The number of amides is 1. The molecule has 0 bridgehead atoms. The molecular formula is C12H15ClN2O5. The maximum absolute atomic E-state index is 12.1. The second-order valence-corrected chi connectivity index (χ2v) is 4.44. The van der Waals surface area contributed by atoms with Gasteiger partial charge in [0.2, 0.25) is 0 Å². The molecule has 1 atom stereocenters. The highest BCUT2D eigenvalue weighted by Crippen LogP contribution is 2.28. The fourth-order valence-electron chi connectivity index (χ4n) is 1.70. The number of aliphatic hydroxyl groups excluding tert-OH is 1. The van der Waals surface area contributed by atoms with Crippen molar-refractivity contribution in [2.24, 2.45) is 0 Å². The SMILES string of the molecule is COCC(CCO)NC(=O)c1cccc(Cl)c1[N+](=O)[O-]. The van der Waals surface area contributed by atoms with E-state index < -0.39 is 22.6 Å². The summed E-state index contributed by atoms with van der Waals surface area (Å²) in [5.74, 6) is -0.630. The number of methoxy groups -OCH3 is 1. The lowest BCUT2D eigenvalue weighted by Crippen LogP contribution is -2.38. The summed E-state index contributed by atoms with van der Waals surface area (Å²) < 4.78 is 4.91. The molecule has 0 heterocycles. The van der Waals surface area contributed by atoms with Gasteiger partial charge in [-0.05, 0) is 18.6 Å². The number of hydrogen-bond acceptors (Lipinski definition) is 5. The molecule has 0 aromatic heterocycles. The molecule has 8 heteroatoms. The Morgan fingerprint density at radius 3 is 2.85 bits per heavy atom. The lowest BCUT2D eigenvalue weighted by atomic mass is 10.1. The summed E-state index contributed by atoms with van der Waals surface area (Å²) in [6.07, 6.45) is 0.286. The minimum absolute atomic E-state index is 0.104. The van der Waals surface area contributed by atoms with Crippen molar-refractivity contribution in [1.29, 1.82) is 0 Å². The van der Waals surface area contributed by atoms with Gasteiger partial charge in [0.05, 0.1) is 17.6 Å². The molecule has 110 valence electrons. The third kappa shape index (κ3) is 4.16. The molecule has 0 aliphatic carbocycles. The van der Waals surface area contributed by atoms with Crippen molar-refractivity contribution in [3.63, 3.8) is 0 Å². The molecule has 2 N–H and O–H groups in total. The number of aliphatic hydroxyl groups is 1. The molecule has 0 aliphatic rings. The Hall–Kier alpha value is -1.70. The summed E-state index contributed by atoms with van der Waals surface area (Å²) in [6, 6.07) is 3.69. The third-order valence-corrected chi connectivity index (χ3v) is 2.90. The number of ether oxygens (including phenoxy) is 1. The number of nitrogens with zero attached hydrogens (tertiary/aromatic N) is 1. The molecule has 1 amide bonds. The Kier molecular flexibility index (Phi) is 6.37. The Morgan fingerprint density at radius 2 is 2.30 bits per heavy atom. The molecule has 0 fully saturated rings. The van der Waals surface area contributed by atoms with E-state index in [4.69, 9.17) is 21.4 Å². The van der Waals surface area contributed by atoms with Gasteiger partial charge >= 0.3 is 5.69 Å². The van der Waals surface area contributed by atoms with Crippen molar-refractivity contribution in [2.45, 2.75) is 12.5 Å². The first-order valence-corrected chi connectivity index (χ1v) is 6.22. The van der Waals surface area contributed by atoms with Crippen LogP contribution in [-0.4, -0.2) is 42.3 Å². The van der Waals surface area contributed by atoms with Crippen LogP contribution in [0.3, 0.4) is 0 Å². The summed E-state index contributed by atoms with van der Waals surface area (Å²) in [5.41, 5.74) is -0.562. The molecule has 1 aromatic rings. The van der Waals surface area contributed by atoms with Crippen molar-refractivity contribution < 1.29 is 19.6 Å². The zero-order valence-electron chi connectivity index (χ0n) is 10.8. The second-order valence-electron chi connectivity index (χ2n) is 4.03. The largest absolute Gasteiger partial charge is 0.396 e. The van der Waals surface area contributed by atoms with E-state index in [1.165, 1.54) is 25.3 Å². The van der Waals surface area contributed by atoms with Crippen LogP contribution in [0, 0.1) is 10.1 Å². The van der Waals surface area contributed by atoms with E-state index in [0.717, 1.165) is 0 Å². The predicted octanol–water partition coefficient (Wildman–Crippen LogP) is 1.38. The maximum atomic E-state index is 12.1. The number of nitro groups is 1. The van der Waals surface area contributed by atoms with Gasteiger partial charge in [0, 0.05) is 13.7 Å². The molecule has 0 aliphatic heterocycles. The number of nitrogens with one attached hydrogen (secondary N) is 1. The summed E-state index contributed by atoms with van der Waals surface area (Å²) in [5, 5.41) is 22.3. The predicted molar refractivity (Wildman–Crippen MR) is 72.9 cm³/mol. The number of carbonyl (C=O) groups excluding carboxylic acids is 1. The van der Waals surface area contributed by atoms with Crippen LogP contribution < -0.4 is 5.32 Å². The van der Waals surface area contributed by atoms with Gasteiger partial charge in [0.15, 0.2) is 0 Å². The quantitative estimate of drug-likeness (QED) is 0.585. The number of halogens is 1. The molecule has 0 saturated heterocycles. The van der Waals surface area contributed by atoms with Crippen molar-refractivity contribution in [2.75, 3.05) is 20.3 Å². The summed E-state index contributed by atoms with van der Waals surface area (Å²) in [7, 11) is 1.46. The highest BCUT2D eigenvalue weighted by Gasteiger charge is 2.25. The first-order valence-electron chi connectivity index (χ1n) is 5.84. The van der Waals surface area contributed by atoms with Crippen molar-refractivity contribution in [3.05, 3.63) is 38.9 Å². The minimum atomic E-state index is -0.700. The Bertz CT molecular complexity index is 489. The topological polar surface area (TPSA) is 102 Å². The zero-order chi connectivity index (χ0) is 15.1. The molecule has 7 nitrogen and oxygen atoms in total. The average molecular weight is 303 g/mol. The van der Waals surface area contributed by atoms with Crippen LogP contribution >= 0.6 is 11.6 Å². The van der Waals surface area contributed by atoms with Gasteiger partial charge in [-0.2, -0.15) is 0 Å². The lowest BCUT2D eigenvalue weighted by Gasteiger charge is -2.16. The normalized spacial score (nSPS) is 11.9. The van der Waals surface area contributed by atoms with Gasteiger partial charge in [-0.1, -0.05) is 17.7 Å². The third-order valence-electron chi connectivity index (χ3n) is 2.59. The van der Waals surface area contributed by atoms with Crippen molar-refractivity contribution in [3.8, 4) is 0 Å². The molecule has 1 unspecified atom stereocenters. The number of nitro benzene ring substituents is 1. The smallest absolute Gasteiger partial charge is 0.300 e. The number of hydrogen-bond donors (Lipinski definition) is 2. The monoisotopic (exact) mass is 302 g/mol. The van der Waals surface area contributed by atoms with Crippen molar-refractivity contribution in [1.82, 2.24) is 5.32 Å². The van der Waals surface area contributed by atoms with E-state index in [1.807, 2.05) is 0 Å². The summed E-state index contributed by atoms with van der Waals surface area (Å²) >= 11 is 5.74. The van der Waals surface area contributed by atoms with Crippen LogP contribution in [0.4, 0.5) is 5.69 Å². The van der Waals surface area contributed by atoms with E-state index in [1.54, 1.807) is 0 Å². The number of benzene rings is 1. The standard InChI is InChI=1S/C12H15ClN2O5/c1-20-7-8(5-6-16)14-12(17)9-3-2-4-10(13)11(9)15(18)19/h2-4,8,16H,5-7H2,1H3,(H,14,17). The van der Waals surface area contributed by atoms with E-state index in [0.29, 0.717) is 0 Å². The van der Waals surface area contributed by atoms with E-state index in [2.05, 4.69) is 5.32 Å². The van der Waals surface area contributed by atoms with Crippen molar-refractivity contribution >= 4 is 23.2 Å². The second kappa shape index (κ2) is 7.78. The molecule has 0 spiro atoms. The van der Waals surface area contributed by atoms with Gasteiger partial charge in [-0.15, -0.1) is 0 Å². The molecule has 0 saturated carbocycles. The van der Waals surface area contributed by atoms with Crippen LogP contribution in [0.5, 0.6) is 0 Å².